The lowest BCUT2D eigenvalue weighted by atomic mass is 10.1. The minimum Gasteiger partial charge on any atom is -0.461 e. The number of hydrogen-bond acceptors (Lipinski definition) is 24. The molecule has 92 heavy (non-hydrogen) atoms. The first-order valence-electron chi connectivity index (χ1n) is 31.6. The molecule has 0 aromatic heterocycles. The molecule has 29 heteroatoms. The van der Waals surface area contributed by atoms with Gasteiger partial charge < -0.3 is 102 Å². The van der Waals surface area contributed by atoms with Crippen LogP contribution in [0.15, 0.2) is 30.3 Å². The van der Waals surface area contributed by atoms with Crippen molar-refractivity contribution in [2.24, 2.45) is 0 Å². The predicted molar refractivity (Wildman–Crippen MR) is 334 cm³/mol. The Hall–Kier alpha value is -5.70. The van der Waals surface area contributed by atoms with Crippen LogP contribution in [0.2, 0.25) is 0 Å². The number of rotatable bonds is 57. The van der Waals surface area contributed by atoms with Gasteiger partial charge in [0.2, 0.25) is 17.7 Å². The van der Waals surface area contributed by atoms with Crippen LogP contribution in [0.3, 0.4) is 0 Å². The zero-order valence-corrected chi connectivity index (χ0v) is 56.1. The Labute approximate surface area is 543 Å². The molecule has 0 fully saturated rings. The third-order valence-electron chi connectivity index (χ3n) is 11.4. The summed E-state index contributed by atoms with van der Waals surface area (Å²) < 4.78 is 87.2. The van der Waals surface area contributed by atoms with Crippen molar-refractivity contribution in [1.82, 2.24) is 26.6 Å². The van der Waals surface area contributed by atoms with Crippen LogP contribution in [0.1, 0.15) is 113 Å². The van der Waals surface area contributed by atoms with Crippen LogP contribution in [0.5, 0.6) is 0 Å². The van der Waals surface area contributed by atoms with E-state index < -0.39 is 58.7 Å². The molecule has 0 saturated heterocycles. The molecule has 0 heterocycles. The average Bonchev–Trinajstić information content (AvgIpc) is 1.12. The molecular formula is C63H109N5O24. The van der Waals surface area contributed by atoms with E-state index in [1.807, 2.05) is 30.3 Å². The third-order valence-corrected chi connectivity index (χ3v) is 11.4. The van der Waals surface area contributed by atoms with Crippen LogP contribution < -0.4 is 26.6 Å². The van der Waals surface area contributed by atoms with E-state index in [1.165, 1.54) is 0 Å². The Morgan fingerprint density at radius 1 is 0.337 bits per heavy atom. The summed E-state index contributed by atoms with van der Waals surface area (Å²) in [6, 6.07) is 6.08. The largest absolute Gasteiger partial charge is 0.461 e. The van der Waals surface area contributed by atoms with Gasteiger partial charge in [-0.2, -0.15) is 0 Å². The summed E-state index contributed by atoms with van der Waals surface area (Å²) in [6.45, 7) is 24.3. The third kappa shape index (κ3) is 55.9. The van der Waals surface area contributed by atoms with Gasteiger partial charge in [0.05, 0.1) is 165 Å². The molecule has 2 atom stereocenters. The summed E-state index contributed by atoms with van der Waals surface area (Å²) in [5.74, 6) is -3.14. The Kier molecular flexibility index (Phi) is 49.2. The van der Waals surface area contributed by atoms with E-state index in [0.717, 1.165) is 5.56 Å². The van der Waals surface area contributed by atoms with E-state index in [9.17, 15) is 38.4 Å². The number of urea groups is 1. The summed E-state index contributed by atoms with van der Waals surface area (Å²) in [5, 5.41) is 13.3. The highest BCUT2D eigenvalue weighted by Crippen LogP contribution is 2.15. The smallest absolute Gasteiger partial charge is 0.329 e. The first kappa shape index (κ1) is 84.3. The van der Waals surface area contributed by atoms with Gasteiger partial charge in [-0.15, -0.1) is 0 Å². The highest BCUT2D eigenvalue weighted by molar-refractivity contribution is 5.88. The summed E-state index contributed by atoms with van der Waals surface area (Å²) in [4.78, 5) is 100. The lowest BCUT2D eigenvalue weighted by Gasteiger charge is -2.27. The molecule has 1 aromatic carbocycles. The van der Waals surface area contributed by atoms with Crippen molar-refractivity contribution in [1.29, 1.82) is 0 Å². The maximum atomic E-state index is 13.2. The summed E-state index contributed by atoms with van der Waals surface area (Å²) >= 11 is 0. The van der Waals surface area contributed by atoms with Crippen LogP contribution in [-0.4, -0.2) is 255 Å². The van der Waals surface area contributed by atoms with Crippen LogP contribution >= 0.6 is 0 Å². The zero-order valence-electron chi connectivity index (χ0n) is 56.1. The second kappa shape index (κ2) is 53.6. The molecule has 0 bridgehead atoms. The van der Waals surface area contributed by atoms with Crippen LogP contribution in [0.4, 0.5) is 4.79 Å². The van der Waals surface area contributed by atoms with E-state index in [-0.39, 0.29) is 109 Å². The van der Waals surface area contributed by atoms with E-state index >= 15 is 0 Å². The van der Waals surface area contributed by atoms with Crippen molar-refractivity contribution in [3.05, 3.63) is 35.9 Å². The Bertz CT molecular complexity index is 2130. The molecule has 0 aliphatic rings. The number of esters is 4. The molecule has 0 radical (unpaired) electrons. The van der Waals surface area contributed by atoms with Gasteiger partial charge >= 0.3 is 29.9 Å². The van der Waals surface area contributed by atoms with Gasteiger partial charge in [0.15, 0.2) is 0 Å². The molecule has 29 nitrogen and oxygen atoms in total. The van der Waals surface area contributed by atoms with E-state index in [4.69, 9.17) is 75.8 Å². The molecule has 0 aliphatic heterocycles. The molecular weight excluding hydrogens is 1210 g/mol. The molecule has 0 aliphatic carbocycles. The second-order valence-electron chi connectivity index (χ2n) is 23.2. The molecule has 0 unspecified atom stereocenters. The van der Waals surface area contributed by atoms with E-state index in [0.29, 0.717) is 139 Å². The molecule has 5 amide bonds. The minimum absolute atomic E-state index is 0.118. The Balaban J connectivity index is 1.93. The minimum atomic E-state index is -1.25. The highest BCUT2D eigenvalue weighted by atomic mass is 16.6. The van der Waals surface area contributed by atoms with Gasteiger partial charge in [-0.1, -0.05) is 30.3 Å². The lowest BCUT2D eigenvalue weighted by molar-refractivity contribution is -0.159. The molecule has 1 aromatic rings. The van der Waals surface area contributed by atoms with Crippen LogP contribution in [0, 0.1) is 0 Å². The predicted octanol–water partition coefficient (Wildman–Crippen LogP) is 3.07. The molecule has 0 spiro atoms. The second-order valence-corrected chi connectivity index (χ2v) is 23.2. The lowest BCUT2D eigenvalue weighted by Crippen LogP contribution is -2.53. The van der Waals surface area contributed by atoms with Crippen molar-refractivity contribution < 1.29 is 114 Å². The number of hydrogen-bond donors (Lipinski definition) is 5. The number of amides is 5. The van der Waals surface area contributed by atoms with Crippen molar-refractivity contribution in [3.63, 3.8) is 0 Å². The van der Waals surface area contributed by atoms with Crippen molar-refractivity contribution in [2.45, 2.75) is 143 Å². The first-order chi connectivity index (χ1) is 43.9. The molecule has 530 valence electrons. The number of carbonyl (C=O) groups is 8. The summed E-state index contributed by atoms with van der Waals surface area (Å²) in [7, 11) is 0. The van der Waals surface area contributed by atoms with Gasteiger partial charge in [-0.05, 0) is 80.7 Å². The standard InChI is InChI=1S/C63H109N5O24/c1-61(2,3)90-57(73)18-16-52(59(75)92-63(7,8)9)68-60(76)67-51(58(74)91-62(4,5)6)15-17-53(69)64-22-28-80-34-40-86-46-43-83-37-31-77-25-19-54(70)65-23-29-81-35-41-87-47-44-84-38-32-78-26-20-55(71)66-24-30-82-36-42-88-48-45-85-39-33-79-27-21-56(72)89-49-50-13-11-10-12-14-50/h10-14,51-52H,15-49H2,1-9H3,(H,64,69)(H,65,70)(H,66,71)(H2,67,68,76)/t51-,52-/m0/s1. The monoisotopic (exact) mass is 1320 g/mol. The normalized spacial score (nSPS) is 12.3. The topological polar surface area (TPSA) is 344 Å². The first-order valence-corrected chi connectivity index (χ1v) is 31.6. The maximum absolute atomic E-state index is 13.2. The van der Waals surface area contributed by atoms with E-state index in [2.05, 4.69) is 26.6 Å². The van der Waals surface area contributed by atoms with E-state index in [1.54, 1.807) is 62.3 Å². The van der Waals surface area contributed by atoms with Crippen molar-refractivity contribution in [3.8, 4) is 0 Å². The molecule has 5 N–H and O–H groups in total. The number of ether oxygens (including phenoxy) is 16. The van der Waals surface area contributed by atoms with Crippen molar-refractivity contribution >= 4 is 47.6 Å². The number of nitrogens with one attached hydrogen (secondary N) is 5. The summed E-state index contributed by atoms with van der Waals surface area (Å²) in [5.41, 5.74) is -1.60. The van der Waals surface area contributed by atoms with Crippen molar-refractivity contribution in [2.75, 3.05) is 178 Å². The Morgan fingerprint density at radius 3 is 0.967 bits per heavy atom. The number of benzene rings is 1. The maximum Gasteiger partial charge on any atom is 0.329 e. The highest BCUT2D eigenvalue weighted by Gasteiger charge is 2.32. The average molecular weight is 1320 g/mol. The van der Waals surface area contributed by atoms with Crippen LogP contribution in [0.25, 0.3) is 0 Å². The van der Waals surface area contributed by atoms with Gasteiger partial charge in [0.1, 0.15) is 35.5 Å². The fourth-order valence-electron chi connectivity index (χ4n) is 7.17. The van der Waals surface area contributed by atoms with Gasteiger partial charge in [0, 0.05) is 45.3 Å². The quantitative estimate of drug-likeness (QED) is 0.0355. The van der Waals surface area contributed by atoms with Gasteiger partial charge in [-0.3, -0.25) is 24.0 Å². The fraction of sp³-hybridized carbons (Fsp3) is 0.778. The zero-order chi connectivity index (χ0) is 68.0. The SMILES string of the molecule is CC(C)(C)OC(=O)CC[C@H](NC(=O)N[C@@H](CCC(=O)NCCOCCOCCOCCOCCC(=O)NCCOCCOCCOCCOCCC(=O)NCCOCCOCCOCCOCCC(=O)OCc1ccccc1)C(=O)OC(C)(C)C)C(=O)OC(C)(C)C. The summed E-state index contributed by atoms with van der Waals surface area (Å²) in [6.07, 6.45) is 0.00696. The molecule has 1 rings (SSSR count). The Morgan fingerprint density at radius 2 is 0.630 bits per heavy atom. The van der Waals surface area contributed by atoms with Gasteiger partial charge in [0.25, 0.3) is 0 Å². The fourth-order valence-corrected chi connectivity index (χ4v) is 7.17. The van der Waals surface area contributed by atoms with Crippen LogP contribution in [-0.2, 0) is 116 Å². The molecule has 0 saturated carbocycles. The van der Waals surface area contributed by atoms with Gasteiger partial charge in [-0.25, -0.2) is 14.4 Å². The number of carbonyl (C=O) groups excluding carboxylic acids is 8.